The summed E-state index contributed by atoms with van der Waals surface area (Å²) in [6, 6.07) is 3.25. The van der Waals surface area contributed by atoms with Crippen LogP contribution in [0.3, 0.4) is 0 Å². The molecule has 3 N–H and O–H groups in total. The molecule has 0 saturated carbocycles. The number of carboxylic acid groups (broad SMARTS) is 1. The van der Waals surface area contributed by atoms with Crippen molar-refractivity contribution in [2.24, 2.45) is 0 Å². The monoisotopic (exact) mass is 289 g/mol. The summed E-state index contributed by atoms with van der Waals surface area (Å²) >= 11 is 0. The van der Waals surface area contributed by atoms with E-state index in [4.69, 9.17) is 5.11 Å². The Bertz CT molecular complexity index is 653. The summed E-state index contributed by atoms with van der Waals surface area (Å²) < 4.78 is 0. The predicted octanol–water partition coefficient (Wildman–Crippen LogP) is 0.886. The third-order valence-electron chi connectivity index (χ3n) is 2.71. The zero-order valence-corrected chi connectivity index (χ0v) is 11.6. The Morgan fingerprint density at radius 3 is 2.67 bits per heavy atom. The number of anilines is 2. The maximum atomic E-state index is 12.0. The largest absolute Gasteiger partial charge is 0.477 e. The van der Waals surface area contributed by atoms with Gasteiger partial charge in [0.1, 0.15) is 5.69 Å². The lowest BCUT2D eigenvalue weighted by atomic mass is 10.3. The van der Waals surface area contributed by atoms with Crippen LogP contribution in [0.15, 0.2) is 24.5 Å². The van der Waals surface area contributed by atoms with Gasteiger partial charge in [0.15, 0.2) is 0 Å². The van der Waals surface area contributed by atoms with Gasteiger partial charge in [-0.1, -0.05) is 0 Å². The highest BCUT2D eigenvalue weighted by Crippen LogP contribution is 2.16. The van der Waals surface area contributed by atoms with Gasteiger partial charge in [-0.15, -0.1) is 0 Å². The van der Waals surface area contributed by atoms with Gasteiger partial charge in [0, 0.05) is 25.1 Å². The molecule has 0 bridgehead atoms. The maximum absolute atomic E-state index is 12.0. The lowest BCUT2D eigenvalue weighted by molar-refractivity contribution is -0.114. The molecule has 21 heavy (non-hydrogen) atoms. The van der Waals surface area contributed by atoms with Crippen molar-refractivity contribution < 1.29 is 14.7 Å². The van der Waals surface area contributed by atoms with Crippen molar-refractivity contribution >= 4 is 23.5 Å². The molecule has 2 aromatic heterocycles. The van der Waals surface area contributed by atoms with Gasteiger partial charge in [0.05, 0.1) is 12.2 Å². The first-order chi connectivity index (χ1) is 9.97. The highest BCUT2D eigenvalue weighted by Gasteiger charge is 2.16. The molecular weight excluding hydrogens is 274 g/mol. The number of carbonyl (C=O) groups is 2. The average Bonchev–Trinajstić information content (AvgIpc) is 2.80. The topological polar surface area (TPSA) is 111 Å². The molecule has 2 aromatic rings. The van der Waals surface area contributed by atoms with Gasteiger partial charge in [0.2, 0.25) is 11.9 Å². The molecule has 2 heterocycles. The van der Waals surface area contributed by atoms with E-state index in [1.165, 1.54) is 0 Å². The van der Waals surface area contributed by atoms with Crippen LogP contribution in [0.1, 0.15) is 16.2 Å². The Balaban J connectivity index is 2.04. The van der Waals surface area contributed by atoms with Crippen molar-refractivity contribution in [3.63, 3.8) is 0 Å². The van der Waals surface area contributed by atoms with Gasteiger partial charge in [-0.05, 0) is 19.1 Å². The number of hydrogen-bond donors (Lipinski definition) is 3. The normalized spacial score (nSPS) is 10.2. The smallest absolute Gasteiger partial charge is 0.354 e. The number of aromatic carboxylic acids is 1. The van der Waals surface area contributed by atoms with Crippen LogP contribution < -0.4 is 10.2 Å². The number of H-pyrrole nitrogens is 1. The van der Waals surface area contributed by atoms with E-state index < -0.39 is 5.97 Å². The van der Waals surface area contributed by atoms with E-state index in [-0.39, 0.29) is 23.8 Å². The summed E-state index contributed by atoms with van der Waals surface area (Å²) in [4.78, 5) is 35.3. The summed E-state index contributed by atoms with van der Waals surface area (Å²) in [5.74, 6) is -1.07. The third-order valence-corrected chi connectivity index (χ3v) is 2.71. The third kappa shape index (κ3) is 3.56. The highest BCUT2D eigenvalue weighted by atomic mass is 16.4. The minimum atomic E-state index is -1.13. The predicted molar refractivity (Wildman–Crippen MR) is 76.4 cm³/mol. The Kier molecular flexibility index (Phi) is 4.17. The molecule has 0 saturated heterocycles. The number of rotatable bonds is 5. The van der Waals surface area contributed by atoms with Crippen LogP contribution in [-0.2, 0) is 4.79 Å². The van der Waals surface area contributed by atoms with Crippen molar-refractivity contribution in [3.8, 4) is 0 Å². The first-order valence-electron chi connectivity index (χ1n) is 6.18. The number of carboxylic acids is 1. The van der Waals surface area contributed by atoms with Crippen LogP contribution in [0, 0.1) is 6.92 Å². The van der Waals surface area contributed by atoms with E-state index in [0.29, 0.717) is 11.6 Å². The molecule has 0 aliphatic heterocycles. The summed E-state index contributed by atoms with van der Waals surface area (Å²) in [6.07, 6.45) is 3.16. The molecule has 0 fully saturated rings. The SMILES string of the molecule is Cc1cc(NC(=O)CN(C)c2ncccn2)c(C(=O)O)[nH]1. The number of likely N-dealkylation sites (N-methyl/N-ethyl adjacent to an activating group) is 1. The molecular formula is C13H15N5O3. The van der Waals surface area contributed by atoms with Crippen LogP contribution >= 0.6 is 0 Å². The number of aromatic amines is 1. The van der Waals surface area contributed by atoms with Crippen LogP contribution in [0.5, 0.6) is 0 Å². The van der Waals surface area contributed by atoms with Gasteiger partial charge in [-0.25, -0.2) is 14.8 Å². The molecule has 8 nitrogen and oxygen atoms in total. The fraction of sp³-hybridized carbons (Fsp3) is 0.231. The molecule has 0 spiro atoms. The van der Waals surface area contributed by atoms with Gasteiger partial charge in [0.25, 0.3) is 0 Å². The molecule has 1 amide bonds. The fourth-order valence-corrected chi connectivity index (χ4v) is 1.82. The Morgan fingerprint density at radius 1 is 1.38 bits per heavy atom. The summed E-state index contributed by atoms with van der Waals surface area (Å²) in [5, 5.41) is 11.6. The Morgan fingerprint density at radius 2 is 2.05 bits per heavy atom. The van der Waals surface area contributed by atoms with Crippen LogP contribution in [0.25, 0.3) is 0 Å². The second-order valence-corrected chi connectivity index (χ2v) is 4.50. The second-order valence-electron chi connectivity index (χ2n) is 4.50. The molecule has 0 aromatic carbocycles. The van der Waals surface area contributed by atoms with Gasteiger partial charge in [-0.2, -0.15) is 0 Å². The summed E-state index contributed by atoms with van der Waals surface area (Å²) in [5.41, 5.74) is 0.856. The van der Waals surface area contributed by atoms with Gasteiger partial charge in [-0.3, -0.25) is 4.79 Å². The quantitative estimate of drug-likeness (QED) is 0.753. The molecule has 0 unspecified atom stereocenters. The molecule has 2 rings (SSSR count). The standard InChI is InChI=1S/C13H15N5O3/c1-8-6-9(11(16-8)12(20)21)17-10(19)7-18(2)13-14-4-3-5-15-13/h3-6,16H,7H2,1-2H3,(H,17,19)(H,20,21). The summed E-state index contributed by atoms with van der Waals surface area (Å²) in [6.45, 7) is 1.72. The minimum Gasteiger partial charge on any atom is -0.477 e. The number of nitrogens with zero attached hydrogens (tertiary/aromatic N) is 3. The first-order valence-corrected chi connectivity index (χ1v) is 6.18. The number of aromatic nitrogens is 3. The van der Waals surface area contributed by atoms with Crippen molar-refractivity contribution in [3.05, 3.63) is 35.9 Å². The van der Waals surface area contributed by atoms with Crippen molar-refractivity contribution in [2.75, 3.05) is 23.8 Å². The van der Waals surface area contributed by atoms with Crippen LogP contribution in [-0.4, -0.2) is 45.5 Å². The van der Waals surface area contributed by atoms with E-state index in [1.807, 2.05) is 0 Å². The van der Waals surface area contributed by atoms with E-state index in [9.17, 15) is 9.59 Å². The zero-order valence-electron chi connectivity index (χ0n) is 11.6. The number of aryl methyl sites for hydroxylation is 1. The van der Waals surface area contributed by atoms with Gasteiger partial charge < -0.3 is 20.3 Å². The number of carbonyl (C=O) groups excluding carboxylic acids is 1. The number of hydrogen-bond acceptors (Lipinski definition) is 5. The second kappa shape index (κ2) is 6.04. The Hall–Kier alpha value is -2.90. The van der Waals surface area contributed by atoms with E-state index in [0.717, 1.165) is 0 Å². The molecule has 8 heteroatoms. The number of nitrogens with one attached hydrogen (secondary N) is 2. The maximum Gasteiger partial charge on any atom is 0.354 e. The fourth-order valence-electron chi connectivity index (χ4n) is 1.82. The molecule has 0 aliphatic rings. The van der Waals surface area contributed by atoms with E-state index in [2.05, 4.69) is 20.3 Å². The van der Waals surface area contributed by atoms with Crippen LogP contribution in [0.2, 0.25) is 0 Å². The van der Waals surface area contributed by atoms with Crippen molar-refractivity contribution in [1.82, 2.24) is 15.0 Å². The Labute approximate surface area is 120 Å². The average molecular weight is 289 g/mol. The van der Waals surface area contributed by atoms with E-state index in [1.54, 1.807) is 43.4 Å². The van der Waals surface area contributed by atoms with Crippen LogP contribution in [0.4, 0.5) is 11.6 Å². The van der Waals surface area contributed by atoms with Gasteiger partial charge >= 0.3 is 5.97 Å². The van der Waals surface area contributed by atoms with Crippen molar-refractivity contribution in [1.29, 1.82) is 0 Å². The molecule has 110 valence electrons. The molecule has 0 radical (unpaired) electrons. The first kappa shape index (κ1) is 14.5. The van der Waals surface area contributed by atoms with Crippen molar-refractivity contribution in [2.45, 2.75) is 6.92 Å². The lowest BCUT2D eigenvalue weighted by Gasteiger charge is -2.15. The zero-order chi connectivity index (χ0) is 15.4. The summed E-state index contributed by atoms with van der Waals surface area (Å²) in [7, 11) is 1.68. The highest BCUT2D eigenvalue weighted by molar-refractivity contribution is 6.00. The molecule has 0 aliphatic carbocycles. The number of amides is 1. The lowest BCUT2D eigenvalue weighted by Crippen LogP contribution is -2.31. The van der Waals surface area contributed by atoms with E-state index >= 15 is 0 Å². The molecule has 0 atom stereocenters. The minimum absolute atomic E-state index is 0.00724.